The fraction of sp³-hybridized carbons (Fsp3) is 0.462. The monoisotopic (exact) mass is 265 g/mol. The molecule has 1 aromatic rings. The largest absolute Gasteiger partial charge is 0.477 e. The predicted molar refractivity (Wildman–Crippen MR) is 72.4 cm³/mol. The molecule has 1 amide bonds. The minimum Gasteiger partial charge on any atom is -0.477 e. The highest BCUT2D eigenvalue weighted by Gasteiger charge is 2.14. The van der Waals surface area contributed by atoms with Gasteiger partial charge in [0.05, 0.1) is 6.54 Å². The second-order valence-corrected chi connectivity index (χ2v) is 4.11. The molecule has 0 fully saturated rings. The number of hydrogen-bond donors (Lipinski definition) is 1. The Balaban J connectivity index is 2.78. The van der Waals surface area contributed by atoms with Crippen LogP contribution in [0.4, 0.5) is 5.82 Å². The van der Waals surface area contributed by atoms with Gasteiger partial charge in [-0.25, -0.2) is 9.78 Å². The van der Waals surface area contributed by atoms with Crippen molar-refractivity contribution >= 4 is 17.7 Å². The van der Waals surface area contributed by atoms with Crippen LogP contribution in [-0.4, -0.2) is 53.5 Å². The molecule has 1 aromatic heterocycles. The lowest BCUT2D eigenvalue weighted by Crippen LogP contribution is -2.39. The van der Waals surface area contributed by atoms with Crippen LogP contribution in [0.3, 0.4) is 0 Å². The van der Waals surface area contributed by atoms with E-state index in [9.17, 15) is 9.59 Å². The fourth-order valence-electron chi connectivity index (χ4n) is 1.72. The van der Waals surface area contributed by atoms with Gasteiger partial charge < -0.3 is 14.9 Å². The normalized spacial score (nSPS) is 10.1. The number of anilines is 1. The van der Waals surface area contributed by atoms with Gasteiger partial charge in [-0.15, -0.1) is 0 Å². The van der Waals surface area contributed by atoms with E-state index in [0.717, 1.165) is 0 Å². The number of pyridine rings is 1. The third-order valence-electron chi connectivity index (χ3n) is 2.83. The first-order valence-electron chi connectivity index (χ1n) is 6.18. The molecule has 6 nitrogen and oxygen atoms in total. The molecule has 0 saturated carbocycles. The van der Waals surface area contributed by atoms with Gasteiger partial charge in [0.15, 0.2) is 5.69 Å². The lowest BCUT2D eigenvalue weighted by molar-refractivity contribution is -0.129. The molecule has 1 heterocycles. The van der Waals surface area contributed by atoms with Gasteiger partial charge >= 0.3 is 5.97 Å². The van der Waals surface area contributed by atoms with Crippen LogP contribution in [0.2, 0.25) is 0 Å². The van der Waals surface area contributed by atoms with E-state index in [1.54, 1.807) is 29.0 Å². The number of carboxylic acids is 1. The topological polar surface area (TPSA) is 73.7 Å². The molecule has 0 aliphatic heterocycles. The zero-order chi connectivity index (χ0) is 14.4. The number of rotatable bonds is 6. The number of likely N-dealkylation sites (N-methyl/N-ethyl adjacent to an activating group) is 2. The second-order valence-electron chi connectivity index (χ2n) is 4.11. The minimum absolute atomic E-state index is 0.00460. The van der Waals surface area contributed by atoms with Crippen molar-refractivity contribution in [1.82, 2.24) is 9.88 Å². The van der Waals surface area contributed by atoms with Crippen molar-refractivity contribution in [2.45, 2.75) is 13.8 Å². The van der Waals surface area contributed by atoms with E-state index in [2.05, 4.69) is 4.98 Å². The van der Waals surface area contributed by atoms with Crippen LogP contribution >= 0.6 is 0 Å². The van der Waals surface area contributed by atoms with Crippen LogP contribution in [-0.2, 0) is 4.79 Å². The number of carboxylic acid groups (broad SMARTS) is 1. The van der Waals surface area contributed by atoms with E-state index in [-0.39, 0.29) is 18.1 Å². The summed E-state index contributed by atoms with van der Waals surface area (Å²) >= 11 is 0. The zero-order valence-electron chi connectivity index (χ0n) is 11.5. The van der Waals surface area contributed by atoms with Crippen LogP contribution in [0.25, 0.3) is 0 Å². The second kappa shape index (κ2) is 6.72. The Morgan fingerprint density at radius 1 is 1.26 bits per heavy atom. The van der Waals surface area contributed by atoms with Crippen molar-refractivity contribution in [2.24, 2.45) is 0 Å². The van der Waals surface area contributed by atoms with Gasteiger partial charge in [-0.2, -0.15) is 0 Å². The smallest absolute Gasteiger partial charge is 0.354 e. The van der Waals surface area contributed by atoms with E-state index in [1.165, 1.54) is 6.07 Å². The van der Waals surface area contributed by atoms with Crippen molar-refractivity contribution in [3.05, 3.63) is 23.9 Å². The molecule has 0 saturated heterocycles. The van der Waals surface area contributed by atoms with Gasteiger partial charge in [0.1, 0.15) is 5.82 Å². The van der Waals surface area contributed by atoms with Crippen LogP contribution in [0.1, 0.15) is 24.3 Å². The summed E-state index contributed by atoms with van der Waals surface area (Å²) in [7, 11) is 1.72. The molecule has 0 aliphatic carbocycles. The Bertz CT molecular complexity index is 458. The van der Waals surface area contributed by atoms with Gasteiger partial charge in [-0.1, -0.05) is 6.07 Å². The SMILES string of the molecule is CCN(CC)C(=O)CN(C)c1cccc(C(=O)O)n1. The third kappa shape index (κ3) is 3.94. The van der Waals surface area contributed by atoms with E-state index >= 15 is 0 Å². The van der Waals surface area contributed by atoms with E-state index in [1.807, 2.05) is 13.8 Å². The lowest BCUT2D eigenvalue weighted by atomic mass is 10.3. The Labute approximate surface area is 112 Å². The standard InChI is InChI=1S/C13H19N3O3/c1-4-16(5-2)12(17)9-15(3)11-8-6-7-10(14-11)13(18)19/h6-8H,4-5,9H2,1-3H3,(H,18,19). The average Bonchev–Trinajstić information content (AvgIpc) is 2.40. The number of carbonyl (C=O) groups is 2. The molecule has 1 rings (SSSR count). The van der Waals surface area contributed by atoms with Crippen molar-refractivity contribution < 1.29 is 14.7 Å². The summed E-state index contributed by atoms with van der Waals surface area (Å²) < 4.78 is 0. The Hall–Kier alpha value is -2.11. The van der Waals surface area contributed by atoms with Gasteiger partial charge in [0.2, 0.25) is 5.91 Å². The molecule has 0 unspecified atom stereocenters. The van der Waals surface area contributed by atoms with E-state index in [0.29, 0.717) is 18.9 Å². The van der Waals surface area contributed by atoms with Crippen molar-refractivity contribution in [2.75, 3.05) is 31.6 Å². The highest BCUT2D eigenvalue weighted by molar-refractivity contribution is 5.86. The molecular formula is C13H19N3O3. The minimum atomic E-state index is -1.08. The summed E-state index contributed by atoms with van der Waals surface area (Å²) in [5, 5.41) is 8.88. The summed E-state index contributed by atoms with van der Waals surface area (Å²) in [5.41, 5.74) is -0.0281. The van der Waals surface area contributed by atoms with Gasteiger partial charge in [0.25, 0.3) is 0 Å². The van der Waals surface area contributed by atoms with Crippen LogP contribution < -0.4 is 4.90 Å². The van der Waals surface area contributed by atoms with Gasteiger partial charge in [0, 0.05) is 20.1 Å². The number of amides is 1. The Kier molecular flexibility index (Phi) is 5.29. The quantitative estimate of drug-likeness (QED) is 0.833. The first-order valence-corrected chi connectivity index (χ1v) is 6.18. The molecule has 0 atom stereocenters. The third-order valence-corrected chi connectivity index (χ3v) is 2.83. The maximum Gasteiger partial charge on any atom is 0.354 e. The highest BCUT2D eigenvalue weighted by atomic mass is 16.4. The molecule has 0 aliphatic rings. The number of hydrogen-bond acceptors (Lipinski definition) is 4. The molecule has 6 heteroatoms. The average molecular weight is 265 g/mol. The summed E-state index contributed by atoms with van der Waals surface area (Å²) in [6.07, 6.45) is 0. The highest BCUT2D eigenvalue weighted by Crippen LogP contribution is 2.10. The molecule has 1 N–H and O–H groups in total. The first kappa shape index (κ1) is 14.9. The van der Waals surface area contributed by atoms with Crippen LogP contribution in [0, 0.1) is 0 Å². The van der Waals surface area contributed by atoms with Gasteiger partial charge in [-0.05, 0) is 26.0 Å². The summed E-state index contributed by atoms with van der Waals surface area (Å²) in [5.74, 6) is -0.610. The van der Waals surface area contributed by atoms with Gasteiger partial charge in [-0.3, -0.25) is 4.79 Å². The number of aromatic carboxylic acids is 1. The van der Waals surface area contributed by atoms with Crippen molar-refractivity contribution in [1.29, 1.82) is 0 Å². The molecule has 0 aromatic carbocycles. The summed E-state index contributed by atoms with van der Waals surface area (Å²) in [4.78, 5) is 30.1. The van der Waals surface area contributed by atoms with Crippen LogP contribution in [0.15, 0.2) is 18.2 Å². The zero-order valence-corrected chi connectivity index (χ0v) is 11.5. The Morgan fingerprint density at radius 2 is 1.89 bits per heavy atom. The first-order chi connectivity index (χ1) is 8.99. The number of aromatic nitrogens is 1. The van der Waals surface area contributed by atoms with E-state index < -0.39 is 5.97 Å². The predicted octanol–water partition coefficient (Wildman–Crippen LogP) is 1.08. The van der Waals surface area contributed by atoms with Crippen molar-refractivity contribution in [3.63, 3.8) is 0 Å². The number of nitrogens with zero attached hydrogens (tertiary/aromatic N) is 3. The lowest BCUT2D eigenvalue weighted by Gasteiger charge is -2.23. The molecular weight excluding hydrogens is 246 g/mol. The summed E-state index contributed by atoms with van der Waals surface area (Å²) in [6.45, 7) is 5.34. The summed E-state index contributed by atoms with van der Waals surface area (Å²) in [6, 6.07) is 4.72. The van der Waals surface area contributed by atoms with Crippen LogP contribution in [0.5, 0.6) is 0 Å². The molecule has 0 bridgehead atoms. The molecule has 104 valence electrons. The molecule has 0 spiro atoms. The number of carbonyl (C=O) groups excluding carboxylic acids is 1. The molecule has 19 heavy (non-hydrogen) atoms. The Morgan fingerprint density at radius 3 is 2.42 bits per heavy atom. The fourth-order valence-corrected chi connectivity index (χ4v) is 1.72. The maximum absolute atomic E-state index is 11.9. The maximum atomic E-state index is 11.9. The van der Waals surface area contributed by atoms with E-state index in [4.69, 9.17) is 5.11 Å². The van der Waals surface area contributed by atoms with Crippen molar-refractivity contribution in [3.8, 4) is 0 Å². The molecule has 0 radical (unpaired) electrons.